The lowest BCUT2D eigenvalue weighted by Crippen LogP contribution is -1.95. The van der Waals surface area contributed by atoms with Crippen LogP contribution in [-0.4, -0.2) is 6.54 Å². The van der Waals surface area contributed by atoms with Gasteiger partial charge >= 0.3 is 0 Å². The van der Waals surface area contributed by atoms with Crippen LogP contribution in [0.15, 0.2) is 28.7 Å². The van der Waals surface area contributed by atoms with Crippen molar-refractivity contribution < 1.29 is 0 Å². The number of hydrogen-bond acceptors (Lipinski definition) is 0. The van der Waals surface area contributed by atoms with Crippen molar-refractivity contribution >= 4 is 15.9 Å². The second kappa shape index (κ2) is 4.27. The number of benzene rings is 1. The van der Waals surface area contributed by atoms with E-state index in [1.807, 2.05) is 12.1 Å². The number of rotatable bonds is 2. The monoisotopic (exact) mass is 223 g/mol. The highest BCUT2D eigenvalue weighted by Crippen LogP contribution is 2.18. The van der Waals surface area contributed by atoms with Gasteiger partial charge in [0.05, 0.1) is 5.92 Å². The van der Waals surface area contributed by atoms with E-state index >= 15 is 0 Å². The summed E-state index contributed by atoms with van der Waals surface area (Å²) in [6.07, 6.45) is 0. The molecule has 0 bridgehead atoms. The van der Waals surface area contributed by atoms with E-state index < -0.39 is 0 Å². The van der Waals surface area contributed by atoms with Gasteiger partial charge in [0.1, 0.15) is 0 Å². The molecule has 1 rings (SSSR count). The zero-order chi connectivity index (χ0) is 8.97. The first-order chi connectivity index (χ1) is 5.74. The van der Waals surface area contributed by atoms with E-state index in [2.05, 4.69) is 39.8 Å². The molecule has 2 heteroatoms. The molecule has 0 aromatic heterocycles. The molecule has 12 heavy (non-hydrogen) atoms. The zero-order valence-electron chi connectivity index (χ0n) is 6.92. The minimum absolute atomic E-state index is 0.343. The lowest BCUT2D eigenvalue weighted by molar-refractivity contribution is 0.834. The van der Waals surface area contributed by atoms with Crippen molar-refractivity contribution in [3.63, 3.8) is 0 Å². The van der Waals surface area contributed by atoms with Gasteiger partial charge in [0.2, 0.25) is 6.54 Å². The molecular formula is C10H10BrN. The van der Waals surface area contributed by atoms with Crippen molar-refractivity contribution in [2.24, 2.45) is 0 Å². The Hall–Kier alpha value is -0.810. The predicted octanol–water partition coefficient (Wildman–Crippen LogP) is 3.47. The summed E-state index contributed by atoms with van der Waals surface area (Å²) in [4.78, 5) is 3.37. The minimum Gasteiger partial charge on any atom is -0.316 e. The third kappa shape index (κ3) is 2.35. The van der Waals surface area contributed by atoms with Crippen molar-refractivity contribution in [1.29, 1.82) is 0 Å². The zero-order valence-corrected chi connectivity index (χ0v) is 8.51. The fourth-order valence-corrected chi connectivity index (χ4v) is 1.30. The van der Waals surface area contributed by atoms with E-state index in [0.29, 0.717) is 12.5 Å². The average Bonchev–Trinajstić information content (AvgIpc) is 2.06. The molecule has 0 radical (unpaired) electrons. The second-order valence-electron chi connectivity index (χ2n) is 2.79. The quantitative estimate of drug-likeness (QED) is 0.677. The summed E-state index contributed by atoms with van der Waals surface area (Å²) in [6, 6.07) is 8.13. The van der Waals surface area contributed by atoms with Crippen LogP contribution < -0.4 is 0 Å². The summed E-state index contributed by atoms with van der Waals surface area (Å²) in [6.45, 7) is 9.38. The third-order valence-corrected chi connectivity index (χ3v) is 2.33. The molecule has 0 saturated heterocycles. The summed E-state index contributed by atoms with van der Waals surface area (Å²) in [5.41, 5.74) is 1.23. The van der Waals surface area contributed by atoms with E-state index in [0.717, 1.165) is 4.47 Å². The molecule has 1 atom stereocenters. The van der Waals surface area contributed by atoms with Crippen LogP contribution in [0.2, 0.25) is 0 Å². The Bertz CT molecular complexity index is 284. The maximum atomic E-state index is 6.74. The molecule has 1 nitrogen and oxygen atoms in total. The lowest BCUT2D eigenvalue weighted by atomic mass is 10.0. The Morgan fingerprint density at radius 2 is 2.00 bits per heavy atom. The highest BCUT2D eigenvalue weighted by Gasteiger charge is 2.06. The summed E-state index contributed by atoms with van der Waals surface area (Å²) in [7, 11) is 0. The van der Waals surface area contributed by atoms with E-state index in [1.54, 1.807) is 0 Å². The summed E-state index contributed by atoms with van der Waals surface area (Å²) >= 11 is 3.37. The molecule has 1 aromatic rings. The Morgan fingerprint density at radius 1 is 1.42 bits per heavy atom. The van der Waals surface area contributed by atoms with Crippen LogP contribution in [0.4, 0.5) is 0 Å². The Morgan fingerprint density at radius 3 is 2.50 bits per heavy atom. The highest BCUT2D eigenvalue weighted by molar-refractivity contribution is 9.10. The summed E-state index contributed by atoms with van der Waals surface area (Å²) < 4.78 is 1.08. The van der Waals surface area contributed by atoms with Crippen LogP contribution in [0.5, 0.6) is 0 Å². The molecule has 1 unspecified atom stereocenters. The summed E-state index contributed by atoms with van der Waals surface area (Å²) in [5, 5.41) is 0. The Kier molecular flexibility index (Phi) is 3.31. The maximum absolute atomic E-state index is 6.74. The SMILES string of the molecule is [C-]#[N+]CC(C)c1ccc(Br)cc1. The second-order valence-corrected chi connectivity index (χ2v) is 3.71. The molecule has 1 aromatic carbocycles. The predicted molar refractivity (Wildman–Crippen MR) is 54.0 cm³/mol. The van der Waals surface area contributed by atoms with Gasteiger partial charge in [0, 0.05) is 4.47 Å². The Labute approximate surface area is 81.4 Å². The van der Waals surface area contributed by atoms with Crippen LogP contribution in [0, 0.1) is 6.57 Å². The molecule has 0 aliphatic carbocycles. The van der Waals surface area contributed by atoms with Crippen molar-refractivity contribution in [2.75, 3.05) is 6.54 Å². The van der Waals surface area contributed by atoms with Crippen molar-refractivity contribution in [3.8, 4) is 0 Å². The van der Waals surface area contributed by atoms with Crippen LogP contribution in [0.1, 0.15) is 18.4 Å². The van der Waals surface area contributed by atoms with Crippen molar-refractivity contribution in [1.82, 2.24) is 0 Å². The van der Waals surface area contributed by atoms with Crippen LogP contribution in [0.25, 0.3) is 4.85 Å². The lowest BCUT2D eigenvalue weighted by Gasteiger charge is -2.04. The van der Waals surface area contributed by atoms with Crippen LogP contribution >= 0.6 is 15.9 Å². The molecule has 0 aliphatic rings. The average molecular weight is 224 g/mol. The van der Waals surface area contributed by atoms with Gasteiger partial charge < -0.3 is 4.85 Å². The van der Waals surface area contributed by atoms with E-state index in [-0.39, 0.29) is 0 Å². The van der Waals surface area contributed by atoms with Gasteiger partial charge in [-0.05, 0) is 17.7 Å². The van der Waals surface area contributed by atoms with E-state index in [1.165, 1.54) is 5.56 Å². The molecule has 0 amide bonds. The van der Waals surface area contributed by atoms with Gasteiger partial charge in [0.15, 0.2) is 0 Å². The molecule has 0 saturated carbocycles. The fraction of sp³-hybridized carbons (Fsp3) is 0.300. The highest BCUT2D eigenvalue weighted by atomic mass is 79.9. The molecule has 62 valence electrons. The van der Waals surface area contributed by atoms with Gasteiger partial charge in [-0.25, -0.2) is 6.57 Å². The van der Waals surface area contributed by atoms with Gasteiger partial charge in [-0.2, -0.15) is 0 Å². The van der Waals surface area contributed by atoms with Crippen LogP contribution in [0.3, 0.4) is 0 Å². The van der Waals surface area contributed by atoms with Crippen LogP contribution in [-0.2, 0) is 0 Å². The Balaban J connectivity index is 2.76. The first kappa shape index (κ1) is 9.28. The maximum Gasteiger partial charge on any atom is 0.221 e. The number of nitrogens with zero attached hydrogens (tertiary/aromatic N) is 1. The smallest absolute Gasteiger partial charge is 0.221 e. The first-order valence-corrected chi connectivity index (χ1v) is 4.62. The van der Waals surface area contributed by atoms with Crippen molar-refractivity contribution in [2.45, 2.75) is 12.8 Å². The summed E-state index contributed by atoms with van der Waals surface area (Å²) in [5.74, 6) is 0.343. The van der Waals surface area contributed by atoms with E-state index in [9.17, 15) is 0 Å². The first-order valence-electron chi connectivity index (χ1n) is 3.82. The minimum atomic E-state index is 0.343. The molecule has 0 fully saturated rings. The largest absolute Gasteiger partial charge is 0.316 e. The van der Waals surface area contributed by atoms with Gasteiger partial charge in [-0.3, -0.25) is 0 Å². The van der Waals surface area contributed by atoms with Gasteiger partial charge in [-0.1, -0.05) is 35.0 Å². The molecule has 0 N–H and O–H groups in total. The number of halogens is 1. The van der Waals surface area contributed by atoms with Gasteiger partial charge in [0.25, 0.3) is 0 Å². The standard InChI is InChI=1S/C10H10BrN/c1-8(7-12-2)9-3-5-10(11)6-4-9/h3-6,8H,7H2,1H3. The topological polar surface area (TPSA) is 4.36 Å². The number of hydrogen-bond donors (Lipinski definition) is 0. The normalized spacial score (nSPS) is 12.1. The molecule has 0 heterocycles. The molecule has 0 aliphatic heterocycles. The third-order valence-electron chi connectivity index (χ3n) is 1.80. The van der Waals surface area contributed by atoms with E-state index in [4.69, 9.17) is 6.57 Å². The molecule has 0 spiro atoms. The van der Waals surface area contributed by atoms with Gasteiger partial charge in [-0.15, -0.1) is 0 Å². The van der Waals surface area contributed by atoms with Crippen molar-refractivity contribution in [3.05, 3.63) is 45.7 Å². The fourth-order valence-electron chi connectivity index (χ4n) is 1.03. The molecular weight excluding hydrogens is 214 g/mol.